The molecule has 3 aliphatic heterocycles. The van der Waals surface area contributed by atoms with E-state index >= 15 is 4.39 Å². The Morgan fingerprint density at radius 2 is 1.31 bits per heavy atom. The largest absolute Gasteiger partial charge is 0.444 e. The van der Waals surface area contributed by atoms with Crippen LogP contribution in [0.4, 0.5) is 32.5 Å². The van der Waals surface area contributed by atoms with Crippen molar-refractivity contribution in [2.24, 2.45) is 0 Å². The Morgan fingerprint density at radius 3 is 1.87 bits per heavy atom. The standard InChI is InChI=1S/C28H40FN7O3/c1-21-5-7-22(8-6-21)32-9-13-35(14-10-32)26-30-24(23(29)25(31-26)34-17-19-38-20-18-34)33-11-15-36(16-12-33)27(37)39-28(2,3)4/h5-8H,9-20H2,1-4H3. The van der Waals surface area contributed by atoms with Crippen LogP contribution in [0, 0.1) is 12.7 Å². The second kappa shape index (κ2) is 11.4. The fourth-order valence-electron chi connectivity index (χ4n) is 5.10. The average molecular weight is 542 g/mol. The van der Waals surface area contributed by atoms with Gasteiger partial charge in [-0.3, -0.25) is 0 Å². The predicted octanol–water partition coefficient (Wildman–Crippen LogP) is 3.14. The number of aryl methyl sites for hydroxylation is 1. The number of ether oxygens (including phenoxy) is 2. The van der Waals surface area contributed by atoms with Gasteiger partial charge in [-0.2, -0.15) is 14.4 Å². The summed E-state index contributed by atoms with van der Waals surface area (Å²) < 4.78 is 27.0. The van der Waals surface area contributed by atoms with Crippen LogP contribution >= 0.6 is 0 Å². The first-order valence-corrected chi connectivity index (χ1v) is 13.9. The minimum Gasteiger partial charge on any atom is -0.444 e. The number of piperazine rings is 2. The third kappa shape index (κ3) is 6.46. The van der Waals surface area contributed by atoms with Crippen molar-refractivity contribution in [1.29, 1.82) is 0 Å². The molecule has 0 atom stereocenters. The highest BCUT2D eigenvalue weighted by Crippen LogP contribution is 2.30. The summed E-state index contributed by atoms with van der Waals surface area (Å²) in [5, 5.41) is 0. The van der Waals surface area contributed by atoms with E-state index in [1.165, 1.54) is 11.3 Å². The van der Waals surface area contributed by atoms with E-state index in [0.717, 1.165) is 26.2 Å². The smallest absolute Gasteiger partial charge is 0.410 e. The lowest BCUT2D eigenvalue weighted by molar-refractivity contribution is 0.0240. The van der Waals surface area contributed by atoms with Gasteiger partial charge in [-0.25, -0.2) is 4.79 Å². The minimum atomic E-state index is -0.557. The first kappa shape index (κ1) is 27.2. The van der Waals surface area contributed by atoms with E-state index in [-0.39, 0.29) is 6.09 Å². The normalized spacial score (nSPS) is 18.9. The zero-order valence-corrected chi connectivity index (χ0v) is 23.5. The number of halogens is 1. The summed E-state index contributed by atoms with van der Waals surface area (Å²) in [5.41, 5.74) is 1.89. The van der Waals surface area contributed by atoms with Crippen LogP contribution in [0.3, 0.4) is 0 Å². The van der Waals surface area contributed by atoms with Crippen LogP contribution in [0.1, 0.15) is 26.3 Å². The topological polar surface area (TPSA) is 77.5 Å². The number of hydrogen-bond acceptors (Lipinski definition) is 9. The van der Waals surface area contributed by atoms with Crippen LogP contribution in [-0.2, 0) is 9.47 Å². The zero-order valence-electron chi connectivity index (χ0n) is 23.5. The molecule has 10 nitrogen and oxygen atoms in total. The number of carbonyl (C=O) groups excluding carboxylic acids is 1. The maximum atomic E-state index is 16.0. The van der Waals surface area contributed by atoms with Crippen molar-refractivity contribution in [3.63, 3.8) is 0 Å². The lowest BCUT2D eigenvalue weighted by Crippen LogP contribution is -2.51. The Bertz CT molecular complexity index is 1140. The molecular weight excluding hydrogens is 501 g/mol. The molecule has 1 amide bonds. The van der Waals surface area contributed by atoms with Crippen molar-refractivity contribution in [3.05, 3.63) is 35.6 Å². The first-order valence-electron chi connectivity index (χ1n) is 13.9. The van der Waals surface area contributed by atoms with Crippen molar-refractivity contribution < 1.29 is 18.7 Å². The Kier molecular flexibility index (Phi) is 7.97. The molecule has 0 radical (unpaired) electrons. The van der Waals surface area contributed by atoms with Crippen LogP contribution in [0.5, 0.6) is 0 Å². The van der Waals surface area contributed by atoms with Crippen LogP contribution in [0.25, 0.3) is 0 Å². The number of hydrogen-bond donors (Lipinski definition) is 0. The maximum Gasteiger partial charge on any atom is 0.410 e. The number of carbonyl (C=O) groups is 1. The van der Waals surface area contributed by atoms with Gasteiger partial charge in [0.15, 0.2) is 11.6 Å². The van der Waals surface area contributed by atoms with E-state index in [0.29, 0.717) is 70.1 Å². The maximum absolute atomic E-state index is 16.0. The number of nitrogens with zero attached hydrogens (tertiary/aromatic N) is 7. The summed E-state index contributed by atoms with van der Waals surface area (Å²) in [6, 6.07) is 8.58. The quantitative estimate of drug-likeness (QED) is 0.580. The van der Waals surface area contributed by atoms with Gasteiger partial charge in [-0.1, -0.05) is 17.7 Å². The SMILES string of the molecule is Cc1ccc(N2CCN(c3nc(N4CCOCC4)c(F)c(N4CCN(C(=O)OC(C)(C)C)CC4)n3)CC2)cc1. The molecule has 0 unspecified atom stereocenters. The average Bonchev–Trinajstić information content (AvgIpc) is 2.93. The lowest BCUT2D eigenvalue weighted by atomic mass is 10.2. The molecule has 0 bridgehead atoms. The third-order valence-corrected chi connectivity index (χ3v) is 7.31. The predicted molar refractivity (Wildman–Crippen MR) is 151 cm³/mol. The van der Waals surface area contributed by atoms with Gasteiger partial charge >= 0.3 is 6.09 Å². The van der Waals surface area contributed by atoms with Gasteiger partial charge in [0, 0.05) is 71.1 Å². The van der Waals surface area contributed by atoms with E-state index in [1.54, 1.807) is 4.90 Å². The van der Waals surface area contributed by atoms with E-state index in [9.17, 15) is 4.79 Å². The highest BCUT2D eigenvalue weighted by atomic mass is 19.1. The molecule has 0 spiro atoms. The Labute approximate surface area is 230 Å². The molecule has 0 saturated carbocycles. The molecule has 39 heavy (non-hydrogen) atoms. The van der Waals surface area contributed by atoms with Gasteiger partial charge < -0.3 is 34.0 Å². The summed E-state index contributed by atoms with van der Waals surface area (Å²) >= 11 is 0. The molecule has 212 valence electrons. The molecule has 3 aliphatic rings. The molecule has 0 aliphatic carbocycles. The minimum absolute atomic E-state index is 0.297. The first-order chi connectivity index (χ1) is 18.7. The van der Waals surface area contributed by atoms with Gasteiger partial charge in [-0.05, 0) is 39.8 Å². The molecule has 1 aromatic heterocycles. The van der Waals surface area contributed by atoms with Crippen molar-refractivity contribution in [2.45, 2.75) is 33.3 Å². The fourth-order valence-corrected chi connectivity index (χ4v) is 5.10. The van der Waals surface area contributed by atoms with Gasteiger partial charge in [0.05, 0.1) is 13.2 Å². The molecule has 11 heteroatoms. The van der Waals surface area contributed by atoms with E-state index in [1.807, 2.05) is 30.6 Å². The number of amides is 1. The number of rotatable bonds is 4. The van der Waals surface area contributed by atoms with Crippen LogP contribution in [-0.4, -0.2) is 105 Å². The Hall–Kier alpha value is -3.34. The summed E-state index contributed by atoms with van der Waals surface area (Å²) in [7, 11) is 0. The van der Waals surface area contributed by atoms with E-state index in [4.69, 9.17) is 19.4 Å². The number of aromatic nitrogens is 2. The number of anilines is 4. The second-order valence-electron chi connectivity index (χ2n) is 11.3. The van der Waals surface area contributed by atoms with Crippen LogP contribution in [0.15, 0.2) is 24.3 Å². The van der Waals surface area contributed by atoms with Crippen molar-refractivity contribution in [3.8, 4) is 0 Å². The van der Waals surface area contributed by atoms with Crippen molar-refractivity contribution in [1.82, 2.24) is 14.9 Å². The number of morpholine rings is 1. The summed E-state index contributed by atoms with van der Waals surface area (Å²) in [6.07, 6.45) is -0.341. The van der Waals surface area contributed by atoms with E-state index in [2.05, 4.69) is 41.0 Å². The molecule has 3 saturated heterocycles. The molecule has 2 aromatic rings. The monoisotopic (exact) mass is 541 g/mol. The van der Waals surface area contributed by atoms with Crippen molar-refractivity contribution in [2.75, 3.05) is 98.3 Å². The van der Waals surface area contributed by atoms with E-state index < -0.39 is 11.4 Å². The third-order valence-electron chi connectivity index (χ3n) is 7.31. The molecule has 5 rings (SSSR count). The number of benzene rings is 1. The molecule has 3 fully saturated rings. The highest BCUT2D eigenvalue weighted by Gasteiger charge is 2.31. The van der Waals surface area contributed by atoms with Gasteiger partial charge in [0.25, 0.3) is 0 Å². The second-order valence-corrected chi connectivity index (χ2v) is 11.3. The van der Waals surface area contributed by atoms with Crippen LogP contribution in [0.2, 0.25) is 0 Å². The fraction of sp³-hybridized carbons (Fsp3) is 0.607. The molecule has 1 aromatic carbocycles. The summed E-state index contributed by atoms with van der Waals surface area (Å²) in [6.45, 7) is 14.9. The summed E-state index contributed by atoms with van der Waals surface area (Å²) in [4.78, 5) is 32.1. The molecule has 0 N–H and O–H groups in total. The van der Waals surface area contributed by atoms with Crippen molar-refractivity contribution >= 4 is 29.4 Å². The molecular formula is C28H40FN7O3. The Balaban J connectivity index is 1.34. The van der Waals surface area contributed by atoms with Gasteiger partial charge in [-0.15, -0.1) is 0 Å². The van der Waals surface area contributed by atoms with Gasteiger partial charge in [0.1, 0.15) is 5.60 Å². The lowest BCUT2D eigenvalue weighted by Gasteiger charge is -2.39. The zero-order chi connectivity index (χ0) is 27.6. The molecule has 4 heterocycles. The van der Waals surface area contributed by atoms with Crippen LogP contribution < -0.4 is 19.6 Å². The highest BCUT2D eigenvalue weighted by molar-refractivity contribution is 5.69. The van der Waals surface area contributed by atoms with Gasteiger partial charge in [0.2, 0.25) is 11.8 Å². The Morgan fingerprint density at radius 1 is 0.795 bits per heavy atom. The summed E-state index contributed by atoms with van der Waals surface area (Å²) in [5.74, 6) is 0.760.